The molecule has 0 spiro atoms. The van der Waals surface area contributed by atoms with Gasteiger partial charge in [0.1, 0.15) is 5.75 Å². The Hall–Kier alpha value is -0.830. The van der Waals surface area contributed by atoms with Crippen molar-refractivity contribution in [3.63, 3.8) is 0 Å². The van der Waals surface area contributed by atoms with Crippen molar-refractivity contribution in [2.24, 2.45) is 0 Å². The third-order valence-electron chi connectivity index (χ3n) is 2.21. The summed E-state index contributed by atoms with van der Waals surface area (Å²) in [7, 11) is 0. The molecule has 0 fully saturated rings. The molecule has 0 atom stereocenters. The van der Waals surface area contributed by atoms with E-state index in [1.807, 2.05) is 0 Å². The Morgan fingerprint density at radius 2 is 2.07 bits per heavy atom. The summed E-state index contributed by atoms with van der Waals surface area (Å²) in [6, 6.07) is 6.53. The lowest BCUT2D eigenvalue weighted by Crippen LogP contribution is -1.98. The molecular formula is C12H15BrO2. The Bertz CT molecular complexity index is 323. The quantitative estimate of drug-likeness (QED) is 0.488. The van der Waals surface area contributed by atoms with Gasteiger partial charge in [0.05, 0.1) is 0 Å². The maximum Gasteiger partial charge on any atom is 0.163 e. The first-order valence-corrected chi connectivity index (χ1v) is 6.24. The molecule has 0 aromatic heterocycles. The van der Waals surface area contributed by atoms with Crippen LogP contribution in [0.25, 0.3) is 0 Å². The molecule has 15 heavy (non-hydrogen) atoms. The first-order valence-electron chi connectivity index (χ1n) is 5.12. The van der Waals surface area contributed by atoms with Crippen LogP contribution in [0.5, 0.6) is 5.75 Å². The molecule has 0 bridgehead atoms. The summed E-state index contributed by atoms with van der Waals surface area (Å²) in [5, 5.41) is 10.2. The van der Waals surface area contributed by atoms with Crippen LogP contribution in [0.1, 0.15) is 36.0 Å². The Morgan fingerprint density at radius 1 is 1.27 bits per heavy atom. The van der Waals surface area contributed by atoms with E-state index in [0.29, 0.717) is 12.0 Å². The lowest BCUT2D eigenvalue weighted by molar-refractivity contribution is 0.0979. The third-order valence-corrected chi connectivity index (χ3v) is 2.77. The highest BCUT2D eigenvalue weighted by Gasteiger charge is 2.05. The SMILES string of the molecule is O=C(CCCCCBr)c1cccc(O)c1. The number of aromatic hydroxyl groups is 1. The van der Waals surface area contributed by atoms with Crippen molar-refractivity contribution >= 4 is 21.7 Å². The number of carbonyl (C=O) groups excluding carboxylic acids is 1. The van der Waals surface area contributed by atoms with Crippen molar-refractivity contribution in [3.8, 4) is 5.75 Å². The average molecular weight is 271 g/mol. The largest absolute Gasteiger partial charge is 0.508 e. The number of halogens is 1. The molecule has 0 amide bonds. The molecule has 0 aliphatic carbocycles. The second-order valence-corrected chi connectivity index (χ2v) is 4.27. The van der Waals surface area contributed by atoms with E-state index in [4.69, 9.17) is 0 Å². The number of Topliss-reactive ketones (excluding diaryl/α,β-unsaturated/α-hetero) is 1. The first kappa shape index (κ1) is 12.2. The highest BCUT2D eigenvalue weighted by atomic mass is 79.9. The summed E-state index contributed by atoms with van der Waals surface area (Å²) in [6.07, 6.45) is 3.65. The number of rotatable bonds is 6. The van der Waals surface area contributed by atoms with E-state index in [2.05, 4.69) is 15.9 Å². The molecule has 0 saturated heterocycles. The maximum atomic E-state index is 11.6. The van der Waals surface area contributed by atoms with E-state index < -0.39 is 0 Å². The molecule has 1 N–H and O–H groups in total. The smallest absolute Gasteiger partial charge is 0.163 e. The number of benzene rings is 1. The van der Waals surface area contributed by atoms with Gasteiger partial charge < -0.3 is 5.11 Å². The van der Waals surface area contributed by atoms with Gasteiger partial charge in [0.2, 0.25) is 0 Å². The lowest BCUT2D eigenvalue weighted by atomic mass is 10.0. The van der Waals surface area contributed by atoms with E-state index >= 15 is 0 Å². The molecule has 1 aromatic carbocycles. The molecular weight excluding hydrogens is 256 g/mol. The monoisotopic (exact) mass is 270 g/mol. The van der Waals surface area contributed by atoms with Crippen molar-refractivity contribution in [3.05, 3.63) is 29.8 Å². The Labute approximate surface area is 98.4 Å². The van der Waals surface area contributed by atoms with Crippen molar-refractivity contribution in [1.82, 2.24) is 0 Å². The van der Waals surface area contributed by atoms with Crippen LogP contribution in [0, 0.1) is 0 Å². The molecule has 0 saturated carbocycles. The molecule has 1 aromatic rings. The fourth-order valence-electron chi connectivity index (χ4n) is 1.38. The fraction of sp³-hybridized carbons (Fsp3) is 0.417. The van der Waals surface area contributed by atoms with Gasteiger partial charge in [0, 0.05) is 17.3 Å². The second-order valence-electron chi connectivity index (χ2n) is 3.47. The van der Waals surface area contributed by atoms with Crippen molar-refractivity contribution in [1.29, 1.82) is 0 Å². The normalized spacial score (nSPS) is 10.2. The Kier molecular flexibility index (Phi) is 5.40. The van der Waals surface area contributed by atoms with Crippen molar-refractivity contribution in [2.45, 2.75) is 25.7 Å². The molecule has 1 rings (SSSR count). The number of alkyl halides is 1. The third kappa shape index (κ3) is 4.47. The van der Waals surface area contributed by atoms with Crippen LogP contribution in [-0.4, -0.2) is 16.2 Å². The molecule has 0 aliphatic rings. The molecule has 82 valence electrons. The van der Waals surface area contributed by atoms with Crippen LogP contribution in [0.3, 0.4) is 0 Å². The van der Waals surface area contributed by atoms with Gasteiger partial charge in [0.15, 0.2) is 5.78 Å². The van der Waals surface area contributed by atoms with Gasteiger partial charge >= 0.3 is 0 Å². The fourth-order valence-corrected chi connectivity index (χ4v) is 1.78. The lowest BCUT2D eigenvalue weighted by Gasteiger charge is -2.01. The standard InChI is InChI=1S/C12H15BrO2/c13-8-3-1-2-7-12(15)10-5-4-6-11(14)9-10/h4-6,9,14H,1-3,7-8H2. The summed E-state index contributed by atoms with van der Waals surface area (Å²) in [5.41, 5.74) is 0.605. The first-order chi connectivity index (χ1) is 7.24. The van der Waals surface area contributed by atoms with Gasteiger partial charge in [0.25, 0.3) is 0 Å². The minimum absolute atomic E-state index is 0.112. The van der Waals surface area contributed by atoms with E-state index in [1.54, 1.807) is 18.2 Å². The van der Waals surface area contributed by atoms with Gasteiger partial charge in [-0.05, 0) is 25.0 Å². The van der Waals surface area contributed by atoms with E-state index in [9.17, 15) is 9.90 Å². The number of ketones is 1. The van der Waals surface area contributed by atoms with Crippen LogP contribution in [0.2, 0.25) is 0 Å². The summed E-state index contributed by atoms with van der Waals surface area (Å²) in [4.78, 5) is 11.6. The molecule has 2 nitrogen and oxygen atoms in total. The zero-order valence-electron chi connectivity index (χ0n) is 8.58. The van der Waals surface area contributed by atoms with Gasteiger partial charge in [-0.25, -0.2) is 0 Å². The summed E-state index contributed by atoms with van der Waals surface area (Å²) >= 11 is 3.35. The number of carbonyl (C=O) groups is 1. The predicted octanol–water partition coefficient (Wildman–Crippen LogP) is 3.53. The molecule has 0 unspecified atom stereocenters. The second kappa shape index (κ2) is 6.62. The predicted molar refractivity (Wildman–Crippen MR) is 64.7 cm³/mol. The van der Waals surface area contributed by atoms with E-state index in [-0.39, 0.29) is 11.5 Å². The summed E-state index contributed by atoms with van der Waals surface area (Å²) in [6.45, 7) is 0. The molecule has 0 aliphatic heterocycles. The van der Waals surface area contributed by atoms with Crippen LogP contribution in [-0.2, 0) is 0 Å². The minimum Gasteiger partial charge on any atom is -0.508 e. The summed E-state index contributed by atoms with van der Waals surface area (Å²) < 4.78 is 0. The van der Waals surface area contributed by atoms with Crippen molar-refractivity contribution < 1.29 is 9.90 Å². The van der Waals surface area contributed by atoms with Crippen LogP contribution in [0.15, 0.2) is 24.3 Å². The Morgan fingerprint density at radius 3 is 2.73 bits per heavy atom. The van der Waals surface area contributed by atoms with Gasteiger partial charge in [-0.1, -0.05) is 34.5 Å². The van der Waals surface area contributed by atoms with E-state index in [1.165, 1.54) is 6.07 Å². The number of phenolic OH excluding ortho intramolecular Hbond substituents is 1. The topological polar surface area (TPSA) is 37.3 Å². The van der Waals surface area contributed by atoms with Gasteiger partial charge in [-0.2, -0.15) is 0 Å². The van der Waals surface area contributed by atoms with Crippen LogP contribution >= 0.6 is 15.9 Å². The maximum absolute atomic E-state index is 11.6. The molecule has 3 heteroatoms. The summed E-state index contributed by atoms with van der Waals surface area (Å²) in [5.74, 6) is 0.266. The van der Waals surface area contributed by atoms with Crippen LogP contribution in [0.4, 0.5) is 0 Å². The number of phenols is 1. The average Bonchev–Trinajstić information content (AvgIpc) is 2.24. The zero-order chi connectivity index (χ0) is 11.1. The van der Waals surface area contributed by atoms with Gasteiger partial charge in [-0.3, -0.25) is 4.79 Å². The number of unbranched alkanes of at least 4 members (excludes halogenated alkanes) is 2. The van der Waals surface area contributed by atoms with Crippen molar-refractivity contribution in [2.75, 3.05) is 5.33 Å². The number of hydrogen-bond acceptors (Lipinski definition) is 2. The molecule has 0 radical (unpaired) electrons. The van der Waals surface area contributed by atoms with E-state index in [0.717, 1.165) is 24.6 Å². The van der Waals surface area contributed by atoms with Crippen LogP contribution < -0.4 is 0 Å². The Balaban J connectivity index is 2.40. The minimum atomic E-state index is 0.112. The zero-order valence-corrected chi connectivity index (χ0v) is 10.2. The highest BCUT2D eigenvalue weighted by molar-refractivity contribution is 9.09. The highest BCUT2D eigenvalue weighted by Crippen LogP contribution is 2.14. The number of hydrogen-bond donors (Lipinski definition) is 1. The molecule has 0 heterocycles. The van der Waals surface area contributed by atoms with Gasteiger partial charge in [-0.15, -0.1) is 0 Å².